The molecule has 0 radical (unpaired) electrons. The first kappa shape index (κ1) is 23.7. The molecule has 0 saturated carbocycles. The molecule has 2 N–H and O–H groups in total. The molecule has 0 aliphatic carbocycles. The number of hydrogen-bond donors (Lipinski definition) is 2. The first-order chi connectivity index (χ1) is 15.6. The van der Waals surface area contributed by atoms with Crippen LogP contribution in [0.4, 0.5) is 13.2 Å². The van der Waals surface area contributed by atoms with E-state index in [1.807, 2.05) is 24.3 Å². The number of nitrogens with one attached hydrogen (secondary N) is 2. The zero-order valence-corrected chi connectivity index (χ0v) is 19.0. The van der Waals surface area contributed by atoms with Crippen molar-refractivity contribution in [1.82, 2.24) is 14.9 Å². The van der Waals surface area contributed by atoms with Crippen molar-refractivity contribution in [3.05, 3.63) is 70.8 Å². The summed E-state index contributed by atoms with van der Waals surface area (Å²) in [6.07, 6.45) is -3.55. The number of carbonyl (C=O) groups is 1. The highest BCUT2D eigenvalue weighted by molar-refractivity contribution is 7.89. The van der Waals surface area contributed by atoms with Gasteiger partial charge in [-0.2, -0.15) is 17.5 Å². The van der Waals surface area contributed by atoms with Gasteiger partial charge in [-0.05, 0) is 48.2 Å². The molecule has 2 aromatic carbocycles. The van der Waals surface area contributed by atoms with Crippen LogP contribution in [0.25, 0.3) is 0 Å². The molecule has 1 saturated heterocycles. The topological polar surface area (TPSA) is 78.5 Å². The number of nitrogens with zero attached hydrogens (tertiary/aromatic N) is 1. The molecule has 10 heteroatoms. The number of amides is 1. The molecule has 2 aliphatic rings. The average Bonchev–Trinajstić information content (AvgIpc) is 3.14. The number of alkyl halides is 3. The second-order valence-corrected chi connectivity index (χ2v) is 10.6. The second kappa shape index (κ2) is 8.73. The number of carbonyl (C=O) groups excluding carboxylic acids is 1. The van der Waals surface area contributed by atoms with Gasteiger partial charge in [-0.15, -0.1) is 0 Å². The van der Waals surface area contributed by atoms with Crippen molar-refractivity contribution in [2.45, 2.75) is 44.1 Å². The molecule has 2 aromatic rings. The van der Waals surface area contributed by atoms with E-state index in [2.05, 4.69) is 10.6 Å². The fourth-order valence-corrected chi connectivity index (χ4v) is 6.30. The lowest BCUT2D eigenvalue weighted by molar-refractivity contribution is -0.137. The van der Waals surface area contributed by atoms with Crippen LogP contribution in [-0.2, 0) is 28.3 Å². The summed E-state index contributed by atoms with van der Waals surface area (Å²) in [6, 6.07) is 11.2. The maximum atomic E-state index is 13.0. The molecular formula is C23H26F3N3O3S. The molecule has 2 aliphatic heterocycles. The second-order valence-electron chi connectivity index (χ2n) is 8.51. The third-order valence-electron chi connectivity index (χ3n) is 6.46. The molecule has 1 spiro atoms. The highest BCUT2D eigenvalue weighted by Crippen LogP contribution is 2.40. The molecular weight excluding hydrogens is 455 g/mol. The van der Waals surface area contributed by atoms with E-state index in [0.29, 0.717) is 25.9 Å². The van der Waals surface area contributed by atoms with Crippen LogP contribution in [0, 0.1) is 0 Å². The summed E-state index contributed by atoms with van der Waals surface area (Å²) >= 11 is 0. The summed E-state index contributed by atoms with van der Waals surface area (Å²) in [6.45, 7) is 2.78. The van der Waals surface area contributed by atoms with Crippen molar-refractivity contribution in [3.8, 4) is 0 Å². The number of rotatable bonds is 5. The number of benzene rings is 2. The lowest BCUT2D eigenvalue weighted by Gasteiger charge is -2.46. The lowest BCUT2D eigenvalue weighted by Crippen LogP contribution is -2.65. The van der Waals surface area contributed by atoms with E-state index in [1.54, 1.807) is 6.92 Å². The molecule has 33 heavy (non-hydrogen) atoms. The summed E-state index contributed by atoms with van der Waals surface area (Å²) in [5, 5.41) is 6.41. The molecule has 2 unspecified atom stereocenters. The van der Waals surface area contributed by atoms with Gasteiger partial charge in [0.1, 0.15) is 0 Å². The normalized spacial score (nSPS) is 23.5. The van der Waals surface area contributed by atoms with Crippen LogP contribution in [0.5, 0.6) is 0 Å². The SMILES string of the molecule is CCCS(=O)(=O)N1CCC2(NCc3ccccc32)C(NC(=O)c2ccc(C(F)(F)F)cc2)C1. The van der Waals surface area contributed by atoms with Gasteiger partial charge in [0.15, 0.2) is 0 Å². The summed E-state index contributed by atoms with van der Waals surface area (Å²) in [7, 11) is -3.48. The first-order valence-electron chi connectivity index (χ1n) is 10.9. The zero-order valence-electron chi connectivity index (χ0n) is 18.2. The van der Waals surface area contributed by atoms with Crippen LogP contribution in [0.3, 0.4) is 0 Å². The third kappa shape index (κ3) is 4.51. The van der Waals surface area contributed by atoms with E-state index in [0.717, 1.165) is 35.4 Å². The number of fused-ring (bicyclic) bond motifs is 2. The minimum Gasteiger partial charge on any atom is -0.346 e. The summed E-state index contributed by atoms with van der Waals surface area (Å²) < 4.78 is 65.6. The van der Waals surface area contributed by atoms with Crippen LogP contribution < -0.4 is 10.6 Å². The Balaban J connectivity index is 1.64. The maximum Gasteiger partial charge on any atom is 0.416 e. The van der Waals surface area contributed by atoms with Crippen molar-refractivity contribution in [2.24, 2.45) is 0 Å². The molecule has 6 nitrogen and oxygen atoms in total. The highest BCUT2D eigenvalue weighted by atomic mass is 32.2. The standard InChI is InChI=1S/C23H26F3N3O3S/c1-2-13-33(31,32)29-12-11-22(19-6-4-3-5-17(19)14-27-22)20(15-29)28-21(30)16-7-9-18(10-8-16)23(24,25)26/h3-10,20,27H,2,11-15H2,1H3,(H,28,30). The molecule has 1 fully saturated rings. The number of hydrogen-bond acceptors (Lipinski definition) is 4. The van der Waals surface area contributed by atoms with Crippen LogP contribution in [0.2, 0.25) is 0 Å². The monoisotopic (exact) mass is 481 g/mol. The molecule has 1 amide bonds. The highest BCUT2D eigenvalue weighted by Gasteiger charge is 2.50. The number of sulfonamides is 1. The van der Waals surface area contributed by atoms with Gasteiger partial charge in [-0.25, -0.2) is 8.42 Å². The largest absolute Gasteiger partial charge is 0.416 e. The van der Waals surface area contributed by atoms with Gasteiger partial charge in [-0.3, -0.25) is 4.79 Å². The fourth-order valence-electron chi connectivity index (χ4n) is 4.78. The third-order valence-corrected chi connectivity index (χ3v) is 8.51. The Bertz CT molecular complexity index is 1140. The Morgan fingerprint density at radius 3 is 2.55 bits per heavy atom. The minimum absolute atomic E-state index is 0.0174. The van der Waals surface area contributed by atoms with E-state index >= 15 is 0 Å². The van der Waals surface area contributed by atoms with E-state index in [-0.39, 0.29) is 17.9 Å². The Morgan fingerprint density at radius 2 is 1.88 bits per heavy atom. The summed E-state index contributed by atoms with van der Waals surface area (Å²) in [5.74, 6) is -0.530. The van der Waals surface area contributed by atoms with Crippen molar-refractivity contribution in [3.63, 3.8) is 0 Å². The summed E-state index contributed by atoms with van der Waals surface area (Å²) in [4.78, 5) is 13.0. The van der Waals surface area contributed by atoms with Gasteiger partial charge < -0.3 is 10.6 Å². The Labute approximate surface area is 191 Å². The van der Waals surface area contributed by atoms with Crippen molar-refractivity contribution < 1.29 is 26.4 Å². The predicted octanol–water partition coefficient (Wildman–Crippen LogP) is 3.25. The van der Waals surface area contributed by atoms with Gasteiger partial charge >= 0.3 is 6.18 Å². The number of halogens is 3. The van der Waals surface area contributed by atoms with Gasteiger partial charge in [0.25, 0.3) is 5.91 Å². The van der Waals surface area contributed by atoms with Crippen molar-refractivity contribution >= 4 is 15.9 Å². The van der Waals surface area contributed by atoms with E-state index in [9.17, 15) is 26.4 Å². The smallest absolute Gasteiger partial charge is 0.346 e. The molecule has 4 rings (SSSR count). The van der Waals surface area contributed by atoms with Gasteiger partial charge in [0, 0.05) is 25.2 Å². The minimum atomic E-state index is -4.49. The van der Waals surface area contributed by atoms with Gasteiger partial charge in [0.2, 0.25) is 10.0 Å². The molecule has 2 atom stereocenters. The quantitative estimate of drug-likeness (QED) is 0.687. The predicted molar refractivity (Wildman–Crippen MR) is 118 cm³/mol. The fraction of sp³-hybridized carbons (Fsp3) is 0.435. The Morgan fingerprint density at radius 1 is 1.18 bits per heavy atom. The lowest BCUT2D eigenvalue weighted by atomic mass is 9.78. The summed E-state index contributed by atoms with van der Waals surface area (Å²) in [5.41, 5.74) is 0.678. The molecule has 2 heterocycles. The van der Waals surface area contributed by atoms with Crippen LogP contribution >= 0.6 is 0 Å². The maximum absolute atomic E-state index is 13.0. The Kier molecular flexibility index (Phi) is 6.28. The van der Waals surface area contributed by atoms with Crippen LogP contribution in [0.1, 0.15) is 46.8 Å². The van der Waals surface area contributed by atoms with Crippen molar-refractivity contribution in [1.29, 1.82) is 0 Å². The average molecular weight is 482 g/mol. The van der Waals surface area contributed by atoms with Crippen LogP contribution in [0.15, 0.2) is 48.5 Å². The zero-order chi connectivity index (χ0) is 23.9. The van der Waals surface area contributed by atoms with Gasteiger partial charge in [0.05, 0.1) is 22.9 Å². The molecule has 0 bridgehead atoms. The van der Waals surface area contributed by atoms with Crippen LogP contribution in [-0.4, -0.2) is 43.5 Å². The van der Waals surface area contributed by atoms with E-state index in [4.69, 9.17) is 0 Å². The molecule has 178 valence electrons. The van der Waals surface area contributed by atoms with E-state index in [1.165, 1.54) is 4.31 Å². The van der Waals surface area contributed by atoms with E-state index < -0.39 is 39.3 Å². The number of piperidine rings is 1. The first-order valence-corrected chi connectivity index (χ1v) is 12.5. The molecule has 0 aromatic heterocycles. The Hall–Kier alpha value is -2.43. The van der Waals surface area contributed by atoms with Gasteiger partial charge in [-0.1, -0.05) is 31.2 Å². The van der Waals surface area contributed by atoms with Crippen molar-refractivity contribution in [2.75, 3.05) is 18.8 Å².